The van der Waals surface area contributed by atoms with Crippen molar-refractivity contribution < 1.29 is 14.4 Å². The number of nitrogens with zero attached hydrogens (tertiary/aromatic N) is 1. The van der Waals surface area contributed by atoms with Gasteiger partial charge < -0.3 is 15.5 Å². The van der Waals surface area contributed by atoms with E-state index in [1.807, 2.05) is 27.7 Å². The molecule has 1 saturated heterocycles. The maximum atomic E-state index is 12.6. The third-order valence-electron chi connectivity index (χ3n) is 4.51. The maximum Gasteiger partial charge on any atom is 0.251 e. The van der Waals surface area contributed by atoms with E-state index in [-0.39, 0.29) is 29.2 Å². The second-order valence-electron chi connectivity index (χ2n) is 8.20. The Morgan fingerprint density at radius 2 is 1.81 bits per heavy atom. The summed E-state index contributed by atoms with van der Waals surface area (Å²) in [7, 11) is 0. The minimum atomic E-state index is -0.300. The highest BCUT2D eigenvalue weighted by atomic mass is 16.2. The number of carbonyl (C=O) groups excluding carboxylic acids is 3. The minimum Gasteiger partial charge on any atom is -0.347 e. The SMILES string of the molecule is CCCC(=O)N1CCCC(C(=O)Nc2ccc(C(=O)NC(C)(C)C)cc2)C1. The zero-order valence-corrected chi connectivity index (χ0v) is 16.8. The first kappa shape index (κ1) is 20.9. The molecule has 27 heavy (non-hydrogen) atoms. The van der Waals surface area contributed by atoms with E-state index in [0.29, 0.717) is 24.2 Å². The standard InChI is InChI=1S/C21H31N3O3/c1-5-7-18(25)24-13-6-8-16(14-24)19(26)22-17-11-9-15(10-12-17)20(27)23-21(2,3)4/h9-12,16H,5-8,13-14H2,1-4H3,(H,22,26)(H,23,27). The first-order valence-corrected chi connectivity index (χ1v) is 9.71. The molecule has 3 amide bonds. The summed E-state index contributed by atoms with van der Waals surface area (Å²) in [6.45, 7) is 8.99. The third kappa shape index (κ3) is 6.38. The van der Waals surface area contributed by atoms with Crippen molar-refractivity contribution in [1.82, 2.24) is 10.2 Å². The molecule has 0 spiro atoms. The molecule has 2 rings (SSSR count). The van der Waals surface area contributed by atoms with E-state index in [1.54, 1.807) is 29.2 Å². The molecule has 148 valence electrons. The van der Waals surface area contributed by atoms with Gasteiger partial charge in [0.2, 0.25) is 11.8 Å². The van der Waals surface area contributed by atoms with Crippen molar-refractivity contribution in [3.8, 4) is 0 Å². The number of hydrogen-bond donors (Lipinski definition) is 2. The van der Waals surface area contributed by atoms with Crippen LogP contribution < -0.4 is 10.6 Å². The number of amides is 3. The van der Waals surface area contributed by atoms with E-state index in [0.717, 1.165) is 25.8 Å². The first-order valence-electron chi connectivity index (χ1n) is 9.71. The zero-order valence-electron chi connectivity index (χ0n) is 16.8. The monoisotopic (exact) mass is 373 g/mol. The van der Waals surface area contributed by atoms with Gasteiger partial charge in [-0.25, -0.2) is 0 Å². The third-order valence-corrected chi connectivity index (χ3v) is 4.51. The van der Waals surface area contributed by atoms with Crippen molar-refractivity contribution >= 4 is 23.4 Å². The Morgan fingerprint density at radius 1 is 1.15 bits per heavy atom. The lowest BCUT2D eigenvalue weighted by molar-refractivity contribution is -0.134. The van der Waals surface area contributed by atoms with Gasteiger partial charge in [-0.2, -0.15) is 0 Å². The molecule has 6 nitrogen and oxygen atoms in total. The Morgan fingerprint density at radius 3 is 2.41 bits per heavy atom. The predicted molar refractivity (Wildman–Crippen MR) is 107 cm³/mol. The fourth-order valence-corrected chi connectivity index (χ4v) is 3.15. The molecule has 6 heteroatoms. The van der Waals surface area contributed by atoms with Crippen molar-refractivity contribution in [2.24, 2.45) is 5.92 Å². The Labute approximate surface area is 161 Å². The number of piperidine rings is 1. The van der Waals surface area contributed by atoms with Crippen LogP contribution in [0.2, 0.25) is 0 Å². The first-order chi connectivity index (χ1) is 12.7. The van der Waals surface area contributed by atoms with Crippen molar-refractivity contribution in [1.29, 1.82) is 0 Å². The summed E-state index contributed by atoms with van der Waals surface area (Å²) in [5.74, 6) is -0.277. The number of anilines is 1. The van der Waals surface area contributed by atoms with E-state index in [4.69, 9.17) is 0 Å². The highest BCUT2D eigenvalue weighted by molar-refractivity contribution is 5.96. The predicted octanol–water partition coefficient (Wildman–Crippen LogP) is 3.19. The van der Waals surface area contributed by atoms with Gasteiger partial charge in [0.15, 0.2) is 0 Å². The average molecular weight is 373 g/mol. The average Bonchev–Trinajstić information content (AvgIpc) is 2.61. The van der Waals surface area contributed by atoms with Gasteiger partial charge in [0.05, 0.1) is 5.92 Å². The fraction of sp³-hybridized carbons (Fsp3) is 0.571. The van der Waals surface area contributed by atoms with E-state index in [1.165, 1.54) is 0 Å². The lowest BCUT2D eigenvalue weighted by Gasteiger charge is -2.32. The summed E-state index contributed by atoms with van der Waals surface area (Å²) >= 11 is 0. The van der Waals surface area contributed by atoms with Crippen LogP contribution in [0.25, 0.3) is 0 Å². The van der Waals surface area contributed by atoms with Gasteiger partial charge in [-0.15, -0.1) is 0 Å². The van der Waals surface area contributed by atoms with Crippen LogP contribution in [0.1, 0.15) is 63.7 Å². The zero-order chi connectivity index (χ0) is 20.0. The number of nitrogens with one attached hydrogen (secondary N) is 2. The van der Waals surface area contributed by atoms with Crippen LogP contribution in [-0.4, -0.2) is 41.2 Å². The summed E-state index contributed by atoms with van der Waals surface area (Å²) in [6.07, 6.45) is 2.99. The lowest BCUT2D eigenvalue weighted by atomic mass is 9.96. The van der Waals surface area contributed by atoms with Crippen molar-refractivity contribution in [3.63, 3.8) is 0 Å². The minimum absolute atomic E-state index is 0.0732. The van der Waals surface area contributed by atoms with Gasteiger partial charge in [0.1, 0.15) is 0 Å². The van der Waals surface area contributed by atoms with Gasteiger partial charge in [0, 0.05) is 36.3 Å². The van der Waals surface area contributed by atoms with Crippen LogP contribution in [0.5, 0.6) is 0 Å². The second kappa shape index (κ2) is 9.02. The second-order valence-corrected chi connectivity index (χ2v) is 8.20. The smallest absolute Gasteiger partial charge is 0.251 e. The topological polar surface area (TPSA) is 78.5 Å². The molecular weight excluding hydrogens is 342 g/mol. The molecule has 1 aliphatic heterocycles. The normalized spacial score (nSPS) is 17.3. The van der Waals surface area contributed by atoms with E-state index in [2.05, 4.69) is 10.6 Å². The van der Waals surface area contributed by atoms with Crippen LogP contribution in [0.3, 0.4) is 0 Å². The van der Waals surface area contributed by atoms with Crippen molar-refractivity contribution in [2.75, 3.05) is 18.4 Å². The van der Waals surface area contributed by atoms with Crippen molar-refractivity contribution in [3.05, 3.63) is 29.8 Å². The highest BCUT2D eigenvalue weighted by Crippen LogP contribution is 2.20. The van der Waals surface area contributed by atoms with Gasteiger partial charge in [-0.05, 0) is 64.3 Å². The molecule has 0 aromatic heterocycles. The van der Waals surface area contributed by atoms with Gasteiger partial charge in [-0.3, -0.25) is 14.4 Å². The molecule has 1 aromatic rings. The Kier molecular flexibility index (Phi) is 6.99. The molecule has 0 saturated carbocycles. The molecule has 0 aliphatic carbocycles. The Balaban J connectivity index is 1.93. The number of likely N-dealkylation sites (tertiary alicyclic amines) is 1. The van der Waals surface area contributed by atoms with Crippen LogP contribution in [0.4, 0.5) is 5.69 Å². The van der Waals surface area contributed by atoms with E-state index in [9.17, 15) is 14.4 Å². The lowest BCUT2D eigenvalue weighted by Crippen LogP contribution is -2.43. The number of benzene rings is 1. The van der Waals surface area contributed by atoms with E-state index >= 15 is 0 Å². The number of hydrogen-bond acceptors (Lipinski definition) is 3. The summed E-state index contributed by atoms with van der Waals surface area (Å²) in [5.41, 5.74) is 0.910. The van der Waals surface area contributed by atoms with Gasteiger partial charge in [0.25, 0.3) is 5.91 Å². The van der Waals surface area contributed by atoms with Crippen LogP contribution in [0, 0.1) is 5.92 Å². The Bertz CT molecular complexity index is 677. The molecule has 2 N–H and O–H groups in total. The summed E-state index contributed by atoms with van der Waals surface area (Å²) in [6, 6.07) is 6.87. The Hall–Kier alpha value is -2.37. The molecule has 0 bridgehead atoms. The van der Waals surface area contributed by atoms with Crippen molar-refractivity contribution in [2.45, 2.75) is 58.9 Å². The molecule has 1 heterocycles. The molecule has 1 fully saturated rings. The molecule has 1 unspecified atom stereocenters. The van der Waals surface area contributed by atoms with Crippen LogP contribution in [-0.2, 0) is 9.59 Å². The molecule has 1 atom stereocenters. The maximum absolute atomic E-state index is 12.6. The van der Waals surface area contributed by atoms with E-state index < -0.39 is 0 Å². The molecule has 0 radical (unpaired) electrons. The fourth-order valence-electron chi connectivity index (χ4n) is 3.15. The summed E-state index contributed by atoms with van der Waals surface area (Å²) < 4.78 is 0. The molecule has 1 aromatic carbocycles. The number of carbonyl (C=O) groups is 3. The summed E-state index contributed by atoms with van der Waals surface area (Å²) in [5, 5.41) is 5.82. The number of rotatable bonds is 5. The quantitative estimate of drug-likeness (QED) is 0.832. The van der Waals surface area contributed by atoms with Crippen LogP contribution in [0.15, 0.2) is 24.3 Å². The van der Waals surface area contributed by atoms with Gasteiger partial charge in [-0.1, -0.05) is 6.92 Å². The highest BCUT2D eigenvalue weighted by Gasteiger charge is 2.28. The summed E-state index contributed by atoms with van der Waals surface area (Å²) in [4.78, 5) is 38.6. The van der Waals surface area contributed by atoms with Gasteiger partial charge >= 0.3 is 0 Å². The molecule has 1 aliphatic rings. The largest absolute Gasteiger partial charge is 0.347 e. The van der Waals surface area contributed by atoms with Crippen LogP contribution >= 0.6 is 0 Å². The molecular formula is C21H31N3O3.